The molecule has 0 bridgehead atoms. The first-order valence-corrected chi connectivity index (χ1v) is 10.7. The van der Waals surface area contributed by atoms with E-state index in [9.17, 15) is 32.7 Å². The molecule has 1 aliphatic carbocycles. The van der Waals surface area contributed by atoms with Crippen molar-refractivity contribution in [2.75, 3.05) is 0 Å². The molecule has 164 valence electrons. The highest BCUT2D eigenvalue weighted by atomic mass is 32.2. The molecule has 0 spiro atoms. The first-order chi connectivity index (χ1) is 14.3. The van der Waals surface area contributed by atoms with E-state index in [0.29, 0.717) is 25.2 Å². The van der Waals surface area contributed by atoms with Gasteiger partial charge < -0.3 is 9.39 Å². The van der Waals surface area contributed by atoms with Gasteiger partial charge in [0.1, 0.15) is 0 Å². The van der Waals surface area contributed by atoms with Crippen molar-refractivity contribution < 1.29 is 41.8 Å². The summed E-state index contributed by atoms with van der Waals surface area (Å²) in [6, 6.07) is -0.0907. The van der Waals surface area contributed by atoms with Crippen molar-refractivity contribution in [2.24, 2.45) is 5.92 Å². The van der Waals surface area contributed by atoms with Gasteiger partial charge in [-0.15, -0.1) is 0 Å². The van der Waals surface area contributed by atoms with Crippen LogP contribution in [0.2, 0.25) is 0 Å². The number of hydrogen-bond donors (Lipinski definition) is 0. The fraction of sp³-hybridized carbons (Fsp3) is 0.611. The Labute approximate surface area is 174 Å². The SMILES string of the molecule is O=C(CCCC1CCC(N2C(=O)C=CC2=O)CC1)ON1C(=O)CC(OS(=O)[O-])C1=O. The third kappa shape index (κ3) is 5.18. The fourth-order valence-corrected chi connectivity index (χ4v) is 4.33. The summed E-state index contributed by atoms with van der Waals surface area (Å²) in [6.45, 7) is 0. The highest BCUT2D eigenvalue weighted by Crippen LogP contribution is 2.32. The Hall–Kier alpha value is -2.44. The number of carbonyl (C=O) groups excluding carboxylic acids is 5. The van der Waals surface area contributed by atoms with Crippen molar-refractivity contribution >= 4 is 41.0 Å². The number of imide groups is 2. The molecule has 0 aromatic carbocycles. The first kappa shape index (κ1) is 22.2. The quantitative estimate of drug-likeness (QED) is 0.375. The van der Waals surface area contributed by atoms with Crippen LogP contribution in [0.3, 0.4) is 0 Å². The average molecular weight is 441 g/mol. The van der Waals surface area contributed by atoms with E-state index in [2.05, 4.69) is 4.18 Å². The Morgan fingerprint density at radius 1 is 1.10 bits per heavy atom. The van der Waals surface area contributed by atoms with Gasteiger partial charge in [-0.1, -0.05) is 5.06 Å². The molecule has 2 heterocycles. The Balaban J connectivity index is 1.36. The minimum absolute atomic E-state index is 0.0109. The van der Waals surface area contributed by atoms with Gasteiger partial charge in [-0.2, -0.15) is 0 Å². The Bertz CT molecular complexity index is 785. The zero-order valence-electron chi connectivity index (χ0n) is 16.0. The summed E-state index contributed by atoms with van der Waals surface area (Å²) in [6.07, 6.45) is 4.82. The van der Waals surface area contributed by atoms with Crippen LogP contribution in [-0.2, 0) is 44.4 Å². The lowest BCUT2D eigenvalue weighted by atomic mass is 9.82. The van der Waals surface area contributed by atoms with Crippen molar-refractivity contribution in [3.8, 4) is 0 Å². The van der Waals surface area contributed by atoms with Crippen LogP contribution in [0.15, 0.2) is 12.2 Å². The van der Waals surface area contributed by atoms with Crippen molar-refractivity contribution in [3.63, 3.8) is 0 Å². The van der Waals surface area contributed by atoms with Gasteiger partial charge in [-0.25, -0.2) is 9.00 Å². The summed E-state index contributed by atoms with van der Waals surface area (Å²) in [5.74, 6) is -2.85. The van der Waals surface area contributed by atoms with E-state index in [1.807, 2.05) is 0 Å². The molecule has 1 saturated carbocycles. The van der Waals surface area contributed by atoms with Crippen LogP contribution in [0.1, 0.15) is 51.4 Å². The highest BCUT2D eigenvalue weighted by Gasteiger charge is 2.43. The lowest BCUT2D eigenvalue weighted by molar-refractivity contribution is -0.198. The number of nitrogens with zero attached hydrogens (tertiary/aromatic N) is 2. The van der Waals surface area contributed by atoms with E-state index >= 15 is 0 Å². The van der Waals surface area contributed by atoms with Crippen molar-refractivity contribution in [1.82, 2.24) is 9.96 Å². The summed E-state index contributed by atoms with van der Waals surface area (Å²) in [7, 11) is 0. The van der Waals surface area contributed by atoms with Gasteiger partial charge in [0.15, 0.2) is 6.10 Å². The average Bonchev–Trinajstić information content (AvgIpc) is 3.15. The normalized spacial score (nSPS) is 27.8. The summed E-state index contributed by atoms with van der Waals surface area (Å²) in [5, 5.41) is 0.253. The van der Waals surface area contributed by atoms with E-state index in [-0.39, 0.29) is 29.3 Å². The van der Waals surface area contributed by atoms with Gasteiger partial charge in [0.2, 0.25) is 0 Å². The third-order valence-corrected chi connectivity index (χ3v) is 5.86. The fourth-order valence-electron chi connectivity index (χ4n) is 3.99. The number of rotatable bonds is 8. The maximum absolute atomic E-state index is 11.9. The van der Waals surface area contributed by atoms with Crippen molar-refractivity contribution in [3.05, 3.63) is 12.2 Å². The van der Waals surface area contributed by atoms with Crippen LogP contribution >= 0.6 is 0 Å². The molecular formula is C18H21N2O9S-. The number of hydrogen-bond acceptors (Lipinski definition) is 9. The molecule has 0 radical (unpaired) electrons. The second kappa shape index (κ2) is 9.58. The minimum Gasteiger partial charge on any atom is -0.750 e. The Morgan fingerprint density at radius 2 is 1.73 bits per heavy atom. The maximum Gasteiger partial charge on any atom is 0.333 e. The summed E-state index contributed by atoms with van der Waals surface area (Å²) in [4.78, 5) is 65.1. The number of hydroxylamine groups is 2. The second-order valence-electron chi connectivity index (χ2n) is 7.43. The minimum atomic E-state index is -2.97. The standard InChI is InChI=1S/C18H22N2O9S/c21-14-8-9-15(22)19(14)12-6-4-11(5-7-12)2-1-3-17(24)28-20-16(23)10-13(18(20)25)29-30(26)27/h8-9,11-13H,1-7,10H2,(H,26,27)/p-1. The zero-order chi connectivity index (χ0) is 21.8. The lowest BCUT2D eigenvalue weighted by Crippen LogP contribution is -2.42. The smallest absolute Gasteiger partial charge is 0.333 e. The molecule has 2 unspecified atom stereocenters. The molecule has 11 nitrogen and oxygen atoms in total. The maximum atomic E-state index is 11.9. The van der Waals surface area contributed by atoms with Gasteiger partial charge in [0.05, 0.1) is 17.8 Å². The highest BCUT2D eigenvalue weighted by molar-refractivity contribution is 7.74. The van der Waals surface area contributed by atoms with Crippen LogP contribution in [0.4, 0.5) is 0 Å². The summed E-state index contributed by atoms with van der Waals surface area (Å²) < 4.78 is 25.3. The molecule has 0 aromatic rings. The monoisotopic (exact) mass is 441 g/mol. The first-order valence-electron chi connectivity index (χ1n) is 9.65. The molecule has 2 aliphatic heterocycles. The van der Waals surface area contributed by atoms with E-state index in [1.165, 1.54) is 17.1 Å². The van der Waals surface area contributed by atoms with Crippen molar-refractivity contribution in [2.45, 2.75) is 63.5 Å². The van der Waals surface area contributed by atoms with E-state index in [1.54, 1.807) is 0 Å². The second-order valence-corrected chi connectivity index (χ2v) is 8.03. The molecule has 12 heteroatoms. The predicted octanol–water partition coefficient (Wildman–Crippen LogP) is 0.0369. The van der Waals surface area contributed by atoms with Gasteiger partial charge in [0, 0.05) is 24.6 Å². The number of amides is 4. The van der Waals surface area contributed by atoms with E-state index < -0.39 is 41.7 Å². The van der Waals surface area contributed by atoms with Crippen LogP contribution in [-0.4, -0.2) is 60.5 Å². The van der Waals surface area contributed by atoms with Gasteiger partial charge in [-0.05, 0) is 44.4 Å². The van der Waals surface area contributed by atoms with Crippen LogP contribution < -0.4 is 0 Å². The molecule has 4 amide bonds. The Kier molecular flexibility index (Phi) is 7.10. The molecule has 30 heavy (non-hydrogen) atoms. The van der Waals surface area contributed by atoms with Crippen LogP contribution in [0.25, 0.3) is 0 Å². The molecule has 2 atom stereocenters. The van der Waals surface area contributed by atoms with Crippen LogP contribution in [0, 0.1) is 5.92 Å². The predicted molar refractivity (Wildman–Crippen MR) is 96.9 cm³/mol. The van der Waals surface area contributed by atoms with Gasteiger partial charge in [0.25, 0.3) is 23.6 Å². The molecule has 1 saturated heterocycles. The molecule has 0 N–H and O–H groups in total. The summed E-state index contributed by atoms with van der Waals surface area (Å²) in [5.41, 5.74) is 0. The number of carbonyl (C=O) groups is 5. The molecule has 0 aromatic heterocycles. The third-order valence-electron chi connectivity index (χ3n) is 5.47. The summed E-state index contributed by atoms with van der Waals surface area (Å²) >= 11 is -2.97. The topological polar surface area (TPSA) is 150 Å². The molecule has 3 aliphatic rings. The molecular weight excluding hydrogens is 420 g/mol. The molecule has 3 rings (SSSR count). The van der Waals surface area contributed by atoms with Crippen LogP contribution in [0.5, 0.6) is 0 Å². The molecule has 2 fully saturated rings. The van der Waals surface area contributed by atoms with E-state index in [4.69, 9.17) is 4.84 Å². The Morgan fingerprint density at radius 3 is 2.33 bits per heavy atom. The van der Waals surface area contributed by atoms with Crippen molar-refractivity contribution in [1.29, 1.82) is 0 Å². The van der Waals surface area contributed by atoms with Gasteiger partial charge >= 0.3 is 5.97 Å². The largest absolute Gasteiger partial charge is 0.750 e. The zero-order valence-corrected chi connectivity index (χ0v) is 16.8. The lowest BCUT2D eigenvalue weighted by Gasteiger charge is -2.33. The van der Waals surface area contributed by atoms with E-state index in [0.717, 1.165) is 19.3 Å². The van der Waals surface area contributed by atoms with Gasteiger partial charge in [-0.3, -0.25) is 28.3 Å².